The maximum Gasteiger partial charge on any atom is 0.191 e. The lowest BCUT2D eigenvalue weighted by Gasteiger charge is -2.16. The van der Waals surface area contributed by atoms with Crippen LogP contribution in [0, 0.1) is 12.7 Å². The van der Waals surface area contributed by atoms with Gasteiger partial charge in [0.1, 0.15) is 24.3 Å². The van der Waals surface area contributed by atoms with Crippen LogP contribution in [0.3, 0.4) is 0 Å². The van der Waals surface area contributed by atoms with Crippen LogP contribution in [0.25, 0.3) is 0 Å². The summed E-state index contributed by atoms with van der Waals surface area (Å²) in [5, 5.41) is 18.3. The zero-order valence-corrected chi connectivity index (χ0v) is 15.3. The Hall–Kier alpha value is -2.12. The van der Waals surface area contributed by atoms with Gasteiger partial charge in [0.05, 0.1) is 6.54 Å². The van der Waals surface area contributed by atoms with Gasteiger partial charge in [0.15, 0.2) is 5.96 Å². The van der Waals surface area contributed by atoms with E-state index in [1.54, 1.807) is 11.3 Å². The molecule has 0 spiro atoms. The molecule has 136 valence electrons. The van der Waals surface area contributed by atoms with Gasteiger partial charge in [-0.1, -0.05) is 0 Å². The Labute approximate surface area is 151 Å². The number of guanidine groups is 1. The Morgan fingerprint density at radius 2 is 2.04 bits per heavy atom. The highest BCUT2D eigenvalue weighted by molar-refractivity contribution is 7.10. The van der Waals surface area contributed by atoms with E-state index < -0.39 is 6.10 Å². The SMILES string of the molecule is CCNC(=NCc1sccc1C)NCC(O)COc1ccc(F)cc1. The minimum atomic E-state index is -0.711. The normalized spacial score (nSPS) is 12.7. The van der Waals surface area contributed by atoms with Crippen molar-refractivity contribution in [1.29, 1.82) is 0 Å². The second-order valence-corrected chi connectivity index (χ2v) is 6.52. The number of ether oxygens (including phenoxy) is 1. The zero-order valence-electron chi connectivity index (χ0n) is 14.5. The van der Waals surface area contributed by atoms with E-state index in [9.17, 15) is 9.50 Å². The van der Waals surface area contributed by atoms with Crippen LogP contribution in [-0.2, 0) is 6.54 Å². The summed E-state index contributed by atoms with van der Waals surface area (Å²) >= 11 is 1.68. The Balaban J connectivity index is 1.78. The van der Waals surface area contributed by atoms with Crippen molar-refractivity contribution >= 4 is 17.3 Å². The van der Waals surface area contributed by atoms with E-state index in [-0.39, 0.29) is 12.4 Å². The van der Waals surface area contributed by atoms with Gasteiger partial charge in [-0.15, -0.1) is 11.3 Å². The zero-order chi connectivity index (χ0) is 18.1. The predicted molar refractivity (Wildman–Crippen MR) is 99.8 cm³/mol. The second kappa shape index (κ2) is 10.0. The molecule has 0 aliphatic rings. The van der Waals surface area contributed by atoms with Gasteiger partial charge < -0.3 is 20.5 Å². The summed E-state index contributed by atoms with van der Waals surface area (Å²) in [5.74, 6) is 0.854. The van der Waals surface area contributed by atoms with E-state index in [1.807, 2.05) is 6.92 Å². The standard InChI is InChI=1S/C18H24FN3O2S/c1-3-20-18(22-11-17-13(2)8-9-25-17)21-10-15(23)12-24-16-6-4-14(19)5-7-16/h4-9,15,23H,3,10-12H2,1-2H3,(H2,20,21,22). The van der Waals surface area contributed by atoms with Crippen LogP contribution < -0.4 is 15.4 Å². The van der Waals surface area contributed by atoms with Crippen LogP contribution >= 0.6 is 11.3 Å². The van der Waals surface area contributed by atoms with E-state index >= 15 is 0 Å². The molecule has 2 aromatic rings. The first-order valence-electron chi connectivity index (χ1n) is 8.20. The van der Waals surface area contributed by atoms with Gasteiger partial charge in [0, 0.05) is 18.0 Å². The number of nitrogens with one attached hydrogen (secondary N) is 2. The van der Waals surface area contributed by atoms with Crippen LogP contribution in [0.2, 0.25) is 0 Å². The molecule has 0 amide bonds. The number of aliphatic hydroxyl groups is 1. The van der Waals surface area contributed by atoms with Crippen molar-refractivity contribution in [2.45, 2.75) is 26.5 Å². The molecule has 0 radical (unpaired) electrons. The summed E-state index contributed by atoms with van der Waals surface area (Å²) in [6.07, 6.45) is -0.711. The van der Waals surface area contributed by atoms with Gasteiger partial charge in [0.25, 0.3) is 0 Å². The summed E-state index contributed by atoms with van der Waals surface area (Å²) in [7, 11) is 0. The molecule has 5 nitrogen and oxygen atoms in total. The van der Waals surface area contributed by atoms with Crippen molar-refractivity contribution in [3.63, 3.8) is 0 Å². The van der Waals surface area contributed by atoms with E-state index in [1.165, 1.54) is 34.7 Å². The average Bonchev–Trinajstić information content (AvgIpc) is 3.02. The monoisotopic (exact) mass is 365 g/mol. The van der Waals surface area contributed by atoms with Crippen LogP contribution in [0.4, 0.5) is 4.39 Å². The van der Waals surface area contributed by atoms with Gasteiger partial charge in [-0.2, -0.15) is 0 Å². The number of aliphatic hydroxyl groups excluding tert-OH is 1. The number of nitrogens with zero attached hydrogens (tertiary/aromatic N) is 1. The van der Waals surface area contributed by atoms with Crippen molar-refractivity contribution in [1.82, 2.24) is 10.6 Å². The molecular weight excluding hydrogens is 341 g/mol. The molecule has 0 aliphatic heterocycles. The smallest absolute Gasteiger partial charge is 0.191 e. The average molecular weight is 365 g/mol. The minimum Gasteiger partial charge on any atom is -0.491 e. The van der Waals surface area contributed by atoms with E-state index in [0.29, 0.717) is 24.8 Å². The fraction of sp³-hybridized carbons (Fsp3) is 0.389. The Morgan fingerprint density at radius 3 is 2.68 bits per heavy atom. The second-order valence-electron chi connectivity index (χ2n) is 5.52. The molecule has 1 heterocycles. The van der Waals surface area contributed by atoms with Crippen LogP contribution in [0.15, 0.2) is 40.7 Å². The van der Waals surface area contributed by atoms with Crippen molar-refractivity contribution < 1.29 is 14.2 Å². The third-order valence-corrected chi connectivity index (χ3v) is 4.46. The maximum atomic E-state index is 12.8. The number of halogens is 1. The molecule has 1 unspecified atom stereocenters. The first kappa shape index (κ1) is 19.2. The van der Waals surface area contributed by atoms with E-state index in [0.717, 1.165) is 6.54 Å². The fourth-order valence-electron chi connectivity index (χ4n) is 2.06. The lowest BCUT2D eigenvalue weighted by molar-refractivity contribution is 0.110. The molecule has 1 aromatic carbocycles. The van der Waals surface area contributed by atoms with Gasteiger partial charge >= 0.3 is 0 Å². The number of rotatable bonds is 8. The molecule has 7 heteroatoms. The van der Waals surface area contributed by atoms with Crippen molar-refractivity contribution in [3.8, 4) is 5.75 Å². The van der Waals surface area contributed by atoms with Crippen molar-refractivity contribution in [2.75, 3.05) is 19.7 Å². The summed E-state index contributed by atoms with van der Waals surface area (Å²) < 4.78 is 18.3. The number of aryl methyl sites for hydroxylation is 1. The van der Waals surface area contributed by atoms with Crippen molar-refractivity contribution in [2.24, 2.45) is 4.99 Å². The van der Waals surface area contributed by atoms with Crippen molar-refractivity contribution in [3.05, 3.63) is 52.0 Å². The minimum absolute atomic E-state index is 0.113. The van der Waals surface area contributed by atoms with E-state index in [2.05, 4.69) is 34.0 Å². The molecule has 25 heavy (non-hydrogen) atoms. The molecule has 0 aliphatic carbocycles. The molecule has 0 saturated carbocycles. The highest BCUT2D eigenvalue weighted by Crippen LogP contribution is 2.16. The Kier molecular flexibility index (Phi) is 7.69. The molecule has 0 saturated heterocycles. The maximum absolute atomic E-state index is 12.8. The van der Waals surface area contributed by atoms with Crippen LogP contribution in [0.5, 0.6) is 5.75 Å². The number of benzene rings is 1. The van der Waals surface area contributed by atoms with Crippen LogP contribution in [0.1, 0.15) is 17.4 Å². The molecule has 0 fully saturated rings. The van der Waals surface area contributed by atoms with E-state index in [4.69, 9.17) is 4.74 Å². The molecule has 2 rings (SSSR count). The Morgan fingerprint density at radius 1 is 1.28 bits per heavy atom. The topological polar surface area (TPSA) is 65.9 Å². The number of thiophene rings is 1. The number of aliphatic imine (C=N–C) groups is 1. The number of hydrogen-bond acceptors (Lipinski definition) is 4. The molecule has 1 aromatic heterocycles. The molecule has 1 atom stereocenters. The lowest BCUT2D eigenvalue weighted by Crippen LogP contribution is -2.42. The quantitative estimate of drug-likeness (QED) is 0.497. The van der Waals surface area contributed by atoms with Gasteiger partial charge in [-0.25, -0.2) is 9.38 Å². The van der Waals surface area contributed by atoms with Gasteiger partial charge in [-0.05, 0) is 55.1 Å². The summed E-state index contributed by atoms with van der Waals surface area (Å²) in [6, 6.07) is 7.78. The first-order chi connectivity index (χ1) is 12.1. The van der Waals surface area contributed by atoms with Crippen LogP contribution in [-0.4, -0.2) is 36.9 Å². The predicted octanol–water partition coefficient (Wildman–Crippen LogP) is 2.69. The van der Waals surface area contributed by atoms with Gasteiger partial charge in [0.2, 0.25) is 0 Å². The summed E-state index contributed by atoms with van der Waals surface area (Å²) in [4.78, 5) is 5.75. The molecule has 3 N–H and O–H groups in total. The molecular formula is C18H24FN3O2S. The highest BCUT2D eigenvalue weighted by atomic mass is 32.1. The van der Waals surface area contributed by atoms with Gasteiger partial charge in [-0.3, -0.25) is 0 Å². The third-order valence-electron chi connectivity index (χ3n) is 3.45. The first-order valence-corrected chi connectivity index (χ1v) is 9.08. The fourth-order valence-corrected chi connectivity index (χ4v) is 2.88. The summed E-state index contributed by atoms with van der Waals surface area (Å²) in [5.41, 5.74) is 1.23. The lowest BCUT2D eigenvalue weighted by atomic mass is 10.3. The largest absolute Gasteiger partial charge is 0.491 e. The Bertz CT molecular complexity index is 673. The highest BCUT2D eigenvalue weighted by Gasteiger charge is 2.07. The number of hydrogen-bond donors (Lipinski definition) is 3. The summed E-state index contributed by atoms with van der Waals surface area (Å²) in [6.45, 7) is 5.80. The molecule has 0 bridgehead atoms. The third kappa shape index (κ3) is 6.72.